The molecule has 5 rings (SSSR count). The number of hydrogen-bond acceptors (Lipinski definition) is 7. The summed E-state index contributed by atoms with van der Waals surface area (Å²) in [4.78, 5) is 43.8. The van der Waals surface area contributed by atoms with Crippen LogP contribution in [0.1, 0.15) is 34.8 Å². The van der Waals surface area contributed by atoms with Gasteiger partial charge in [0.05, 0.1) is 23.0 Å². The molecule has 1 atom stereocenters. The van der Waals surface area contributed by atoms with E-state index in [1.54, 1.807) is 21.9 Å². The minimum atomic E-state index is -3.14. The smallest absolute Gasteiger partial charge is 0.373 e. The number of piperazine rings is 1. The number of nitrogens with one attached hydrogen (secondary N) is 2. The third kappa shape index (κ3) is 5.55. The summed E-state index contributed by atoms with van der Waals surface area (Å²) in [5.74, 6) is -2.68. The minimum absolute atomic E-state index is 0.0250. The van der Waals surface area contributed by atoms with Crippen molar-refractivity contribution in [1.29, 1.82) is 0 Å². The monoisotopic (exact) mass is 582 g/mol. The molecule has 2 aromatic heterocycles. The second-order valence-corrected chi connectivity index (χ2v) is 10.1. The molecular weight excluding hydrogens is 556 g/mol. The zero-order valence-corrected chi connectivity index (χ0v) is 22.7. The van der Waals surface area contributed by atoms with Gasteiger partial charge in [0.1, 0.15) is 11.5 Å². The van der Waals surface area contributed by atoms with Gasteiger partial charge in [0.15, 0.2) is 11.6 Å². The Morgan fingerprint density at radius 2 is 2.02 bits per heavy atom. The molecule has 218 valence electrons. The zero-order valence-electron chi connectivity index (χ0n) is 22.7. The van der Waals surface area contributed by atoms with Gasteiger partial charge in [-0.1, -0.05) is 6.08 Å². The largest absolute Gasteiger partial charge is 0.394 e. The molecule has 10 nitrogen and oxygen atoms in total. The number of hydrogen-bond donors (Lipinski definition) is 2. The Balaban J connectivity index is 1.55. The van der Waals surface area contributed by atoms with Gasteiger partial charge >= 0.3 is 5.95 Å². The highest BCUT2D eigenvalue weighted by Crippen LogP contribution is 2.39. The van der Waals surface area contributed by atoms with Gasteiger partial charge in [-0.2, -0.15) is 4.98 Å². The predicted molar refractivity (Wildman–Crippen MR) is 149 cm³/mol. The molecule has 0 unspecified atom stereocenters. The average Bonchev–Trinajstić information content (AvgIpc) is 3.45. The third-order valence-corrected chi connectivity index (χ3v) is 7.46. The van der Waals surface area contributed by atoms with E-state index in [1.165, 1.54) is 6.20 Å². The summed E-state index contributed by atoms with van der Waals surface area (Å²) in [6, 6.07) is 3.35. The van der Waals surface area contributed by atoms with Crippen LogP contribution in [-0.4, -0.2) is 71.6 Å². The number of aromatic amines is 1. The molecule has 2 aliphatic rings. The van der Waals surface area contributed by atoms with Crippen LogP contribution in [0.25, 0.3) is 10.4 Å². The van der Waals surface area contributed by atoms with Gasteiger partial charge in [-0.3, -0.25) is 9.59 Å². The highest BCUT2D eigenvalue weighted by Gasteiger charge is 2.31. The lowest BCUT2D eigenvalue weighted by Gasteiger charge is -2.40. The summed E-state index contributed by atoms with van der Waals surface area (Å²) in [7, 11) is 1.92. The molecule has 2 aliphatic heterocycles. The van der Waals surface area contributed by atoms with Gasteiger partial charge in [-0.25, -0.2) is 17.6 Å². The number of pyridine rings is 1. The minimum Gasteiger partial charge on any atom is -0.394 e. The summed E-state index contributed by atoms with van der Waals surface area (Å²) in [6.07, 6.45) is 0.731. The van der Waals surface area contributed by atoms with Crippen LogP contribution in [0.15, 0.2) is 41.5 Å². The quantitative estimate of drug-likeness (QED) is 0.332. The second kappa shape index (κ2) is 11.6. The molecule has 2 N–H and O–H groups in total. The number of H-pyrrole nitrogens is 1. The number of nitrogens with zero attached hydrogens (tertiary/aromatic N) is 6. The van der Waals surface area contributed by atoms with Crippen LogP contribution in [0.3, 0.4) is 0 Å². The topological polar surface area (TPSA) is 102 Å². The van der Waals surface area contributed by atoms with E-state index in [-0.39, 0.29) is 47.6 Å². The van der Waals surface area contributed by atoms with Crippen LogP contribution in [0.5, 0.6) is 0 Å². The van der Waals surface area contributed by atoms with Crippen LogP contribution in [0, 0.1) is 18.2 Å². The van der Waals surface area contributed by atoms with Crippen molar-refractivity contribution >= 4 is 34.6 Å². The first-order valence-electron chi connectivity index (χ1n) is 13.0. The molecule has 4 heterocycles. The Labute approximate surface area is 238 Å². The molecule has 1 fully saturated rings. The Morgan fingerprint density at radius 1 is 1.24 bits per heavy atom. The number of anilines is 3. The van der Waals surface area contributed by atoms with E-state index in [1.807, 2.05) is 14.0 Å². The number of likely N-dealkylation sites (N-methyl/N-ethyl adjacent to an activating group) is 1. The molecular formula is C28H26F4N8O2. The van der Waals surface area contributed by atoms with Gasteiger partial charge in [0.25, 0.3) is 12.3 Å². The summed E-state index contributed by atoms with van der Waals surface area (Å²) in [5.41, 5.74) is -2.58. The number of carbonyl (C=O) groups excluding carboxylic acids is 1. The third-order valence-electron chi connectivity index (χ3n) is 7.46. The summed E-state index contributed by atoms with van der Waals surface area (Å²) >= 11 is 0. The molecule has 0 bridgehead atoms. The average molecular weight is 583 g/mol. The van der Waals surface area contributed by atoms with Crippen molar-refractivity contribution in [3.8, 4) is 0 Å². The molecule has 1 saturated heterocycles. The van der Waals surface area contributed by atoms with E-state index < -0.39 is 40.7 Å². The molecule has 1 aromatic carbocycles. The zero-order chi connectivity index (χ0) is 30.1. The summed E-state index contributed by atoms with van der Waals surface area (Å²) < 4.78 is 59.5. The first-order valence-corrected chi connectivity index (χ1v) is 13.0. The first-order chi connectivity index (χ1) is 20.1. The SMILES string of the molecule is [C-]#[N+]c1nccc(N2CC=C(c3c(F)cc(N4CCN(C)[C@@H](C)C4)c(NC(=O)c4c[nH]c(=O)cc4C(F)F)c3F)C2)n1. The lowest BCUT2D eigenvalue weighted by Crippen LogP contribution is -2.50. The lowest BCUT2D eigenvalue weighted by atomic mass is 10.0. The maximum absolute atomic E-state index is 16.4. The lowest BCUT2D eigenvalue weighted by molar-refractivity contribution is 0.101. The van der Waals surface area contributed by atoms with Crippen LogP contribution >= 0.6 is 0 Å². The standard InChI is InChI=1S/C28H26F4N8O2/c1-15-13-39(9-8-38(15)3)20-11-19(29)23(16-5-7-40(14-16)21-4-6-34-28(33-2)36-21)24(30)25(20)37-27(42)18-12-35-22(41)10-17(18)26(31)32/h4-6,10-12,15,26H,7-9,13-14H2,1,3H3,(H,35,41)(H,37,42)/t15-/m0/s1. The van der Waals surface area contributed by atoms with Crippen molar-refractivity contribution in [1.82, 2.24) is 19.9 Å². The van der Waals surface area contributed by atoms with Crippen molar-refractivity contribution < 1.29 is 22.4 Å². The van der Waals surface area contributed by atoms with Crippen molar-refractivity contribution in [2.24, 2.45) is 0 Å². The molecule has 3 aromatic rings. The Kier molecular flexibility index (Phi) is 7.95. The van der Waals surface area contributed by atoms with Crippen LogP contribution in [0.4, 0.5) is 40.7 Å². The van der Waals surface area contributed by atoms with Gasteiger partial charge in [-0.05, 0) is 19.5 Å². The fourth-order valence-electron chi connectivity index (χ4n) is 5.06. The number of rotatable bonds is 6. The van der Waals surface area contributed by atoms with E-state index in [0.29, 0.717) is 31.5 Å². The van der Waals surface area contributed by atoms with E-state index in [0.717, 1.165) is 12.3 Å². The van der Waals surface area contributed by atoms with Gasteiger partial charge < -0.3 is 29.8 Å². The summed E-state index contributed by atoms with van der Waals surface area (Å²) in [6.45, 7) is 10.8. The van der Waals surface area contributed by atoms with Crippen molar-refractivity contribution in [2.75, 3.05) is 54.9 Å². The number of halogens is 4. The van der Waals surface area contributed by atoms with Crippen LogP contribution in [-0.2, 0) is 0 Å². The Hall–Kier alpha value is -4.77. The maximum atomic E-state index is 16.4. The number of carbonyl (C=O) groups is 1. The van der Waals surface area contributed by atoms with Gasteiger partial charge in [-0.15, -0.1) is 11.6 Å². The fourth-order valence-corrected chi connectivity index (χ4v) is 5.06. The molecule has 1 amide bonds. The van der Waals surface area contributed by atoms with Gasteiger partial charge in [0, 0.05) is 68.7 Å². The number of amides is 1. The first kappa shape index (κ1) is 28.7. The number of aromatic nitrogens is 3. The molecule has 42 heavy (non-hydrogen) atoms. The Bertz CT molecular complexity index is 1670. The van der Waals surface area contributed by atoms with Crippen molar-refractivity contribution in [3.63, 3.8) is 0 Å². The predicted octanol–water partition coefficient (Wildman–Crippen LogP) is 4.23. The normalized spacial score (nSPS) is 17.4. The Morgan fingerprint density at radius 3 is 2.74 bits per heavy atom. The summed E-state index contributed by atoms with van der Waals surface area (Å²) in [5, 5.41) is 2.40. The van der Waals surface area contributed by atoms with Crippen LogP contribution in [0.2, 0.25) is 0 Å². The van der Waals surface area contributed by atoms with Gasteiger partial charge in [0.2, 0.25) is 5.56 Å². The molecule has 0 aliphatic carbocycles. The highest BCUT2D eigenvalue weighted by atomic mass is 19.3. The van der Waals surface area contributed by atoms with E-state index in [4.69, 9.17) is 6.57 Å². The van der Waals surface area contributed by atoms with E-state index in [9.17, 15) is 18.4 Å². The van der Waals surface area contributed by atoms with Crippen LogP contribution < -0.4 is 20.7 Å². The van der Waals surface area contributed by atoms with Crippen molar-refractivity contribution in [3.05, 3.63) is 86.8 Å². The second-order valence-electron chi connectivity index (χ2n) is 10.1. The molecule has 0 saturated carbocycles. The fraction of sp³-hybridized carbons (Fsp3) is 0.321. The molecule has 0 spiro atoms. The van der Waals surface area contributed by atoms with E-state index >= 15 is 8.78 Å². The molecule has 14 heteroatoms. The van der Waals surface area contributed by atoms with E-state index in [2.05, 4.69) is 30.0 Å². The number of benzene rings is 1. The van der Waals surface area contributed by atoms with Crippen molar-refractivity contribution in [2.45, 2.75) is 19.4 Å². The maximum Gasteiger partial charge on any atom is 0.373 e. The molecule has 0 radical (unpaired) electrons. The number of alkyl halides is 2. The highest BCUT2D eigenvalue weighted by molar-refractivity contribution is 6.07.